The zero-order valence-electron chi connectivity index (χ0n) is 11.0. The van der Waals surface area contributed by atoms with Gasteiger partial charge in [-0.25, -0.2) is 8.42 Å². The van der Waals surface area contributed by atoms with E-state index in [4.69, 9.17) is 11.6 Å². The molecular weight excluding hydrogens is 308 g/mol. The van der Waals surface area contributed by atoms with Gasteiger partial charge in [0.15, 0.2) is 9.84 Å². The minimum atomic E-state index is -3.56. The predicted molar refractivity (Wildman–Crippen MR) is 75.5 cm³/mol. The molecule has 0 aliphatic rings. The summed E-state index contributed by atoms with van der Waals surface area (Å²) >= 11 is 5.73. The molecule has 0 amide bonds. The Morgan fingerprint density at radius 1 is 1.32 bits per heavy atom. The van der Waals surface area contributed by atoms with E-state index in [1.165, 1.54) is 12.1 Å². The lowest BCUT2D eigenvalue weighted by Gasteiger charge is -2.14. The van der Waals surface area contributed by atoms with Crippen LogP contribution >= 0.6 is 11.6 Å². The van der Waals surface area contributed by atoms with Crippen LogP contribution in [0.1, 0.15) is 35.3 Å². The summed E-state index contributed by atoms with van der Waals surface area (Å²) in [5.74, 6) is 0. The van der Waals surface area contributed by atoms with Gasteiger partial charge in [-0.1, -0.05) is 0 Å². The van der Waals surface area contributed by atoms with Crippen molar-refractivity contribution in [3.63, 3.8) is 0 Å². The lowest BCUT2D eigenvalue weighted by molar-refractivity contribution is 0.108. The maximum Gasteiger partial charge on any atom is 0.470 e. The Hall–Kier alpha value is -0.850. The number of benzene rings is 1. The van der Waals surface area contributed by atoms with Crippen molar-refractivity contribution in [2.24, 2.45) is 0 Å². The van der Waals surface area contributed by atoms with Gasteiger partial charge in [0.1, 0.15) is 0 Å². The van der Waals surface area contributed by atoms with Crippen molar-refractivity contribution in [2.75, 3.05) is 6.26 Å². The molecular formula is C12H14ClO4S2+. The summed E-state index contributed by atoms with van der Waals surface area (Å²) < 4.78 is 33.9. The highest BCUT2D eigenvalue weighted by Gasteiger charge is 2.40. The first-order valence-electron chi connectivity index (χ1n) is 5.36. The number of hydrogen-bond acceptors (Lipinski definition) is 4. The third-order valence-corrected chi connectivity index (χ3v) is 4.77. The lowest BCUT2D eigenvalue weighted by atomic mass is 9.97. The number of aryl methyl sites for hydroxylation is 1. The van der Waals surface area contributed by atoms with E-state index in [1.807, 2.05) is 0 Å². The van der Waals surface area contributed by atoms with Gasteiger partial charge in [-0.3, -0.25) is 4.79 Å². The van der Waals surface area contributed by atoms with Gasteiger partial charge in [0.05, 0.1) is 4.90 Å². The molecule has 0 saturated heterocycles. The van der Waals surface area contributed by atoms with Crippen LogP contribution in [0.15, 0.2) is 17.0 Å². The van der Waals surface area contributed by atoms with Gasteiger partial charge in [-0.05, 0) is 36.2 Å². The van der Waals surface area contributed by atoms with E-state index in [9.17, 15) is 17.4 Å². The minimum Gasteiger partial charge on any atom is -0.276 e. The summed E-state index contributed by atoms with van der Waals surface area (Å²) in [5, 5.41) is -0.721. The van der Waals surface area contributed by atoms with E-state index in [-0.39, 0.29) is 10.5 Å². The largest absolute Gasteiger partial charge is 0.470 e. The monoisotopic (exact) mass is 321 g/mol. The average Bonchev–Trinajstić information content (AvgIpc) is 2.26. The third-order valence-electron chi connectivity index (χ3n) is 2.79. The van der Waals surface area contributed by atoms with Crippen LogP contribution in [0.3, 0.4) is 0 Å². The fraction of sp³-hybridized carbons (Fsp3) is 0.417. The van der Waals surface area contributed by atoms with Crippen molar-refractivity contribution in [3.05, 3.63) is 28.8 Å². The molecule has 0 aromatic heterocycles. The second-order valence-corrected chi connectivity index (χ2v) is 8.32. The molecule has 0 aliphatic heterocycles. The smallest absolute Gasteiger partial charge is 0.276 e. The molecule has 1 rings (SSSR count). The number of hydrogen-bond donors (Lipinski definition) is 0. The Morgan fingerprint density at radius 2 is 1.84 bits per heavy atom. The van der Waals surface area contributed by atoms with Gasteiger partial charge in [0, 0.05) is 35.4 Å². The third kappa shape index (κ3) is 3.38. The number of rotatable bonds is 4. The molecule has 0 saturated carbocycles. The van der Waals surface area contributed by atoms with Gasteiger partial charge in [-0.15, -0.1) is 0 Å². The Kier molecular flexibility index (Phi) is 4.49. The van der Waals surface area contributed by atoms with Gasteiger partial charge in [0.2, 0.25) is 0 Å². The van der Waals surface area contributed by atoms with Gasteiger partial charge in [0.25, 0.3) is 9.99 Å². The maximum absolute atomic E-state index is 11.8. The first-order chi connectivity index (χ1) is 8.50. The number of carbonyl (C=O) groups excluding carboxylic acids is 1. The standard InChI is InChI=1S/C12H14ClO4S2/c1-7-5-9(12(2,3)18-15)10(19(4,16)17)6-8(7)11(13)14/h5-6H,1-4H3/q+1. The molecule has 0 radical (unpaired) electrons. The molecule has 104 valence electrons. The van der Waals surface area contributed by atoms with Crippen LogP contribution in [-0.2, 0) is 30.5 Å². The van der Waals surface area contributed by atoms with E-state index in [1.54, 1.807) is 20.8 Å². The highest BCUT2D eigenvalue weighted by molar-refractivity contribution is 7.90. The maximum atomic E-state index is 11.8. The Labute approximate surface area is 121 Å². The van der Waals surface area contributed by atoms with Gasteiger partial charge >= 0.3 is 11.7 Å². The lowest BCUT2D eigenvalue weighted by Crippen LogP contribution is -2.20. The van der Waals surface area contributed by atoms with E-state index < -0.39 is 19.8 Å². The predicted octanol–water partition coefficient (Wildman–Crippen LogP) is 2.44. The van der Waals surface area contributed by atoms with E-state index in [0.29, 0.717) is 22.8 Å². The number of carbonyl (C=O) groups is 1. The zero-order valence-corrected chi connectivity index (χ0v) is 13.4. The Balaban J connectivity index is 3.80. The SMILES string of the molecule is Cc1cc(C(C)(C)[S+]=O)c(S(C)(=O)=O)cc1C(=O)Cl. The van der Waals surface area contributed by atoms with Crippen molar-refractivity contribution in [1.29, 1.82) is 0 Å². The molecule has 0 N–H and O–H groups in total. The molecule has 4 nitrogen and oxygen atoms in total. The molecule has 0 aliphatic carbocycles. The summed E-state index contributed by atoms with van der Waals surface area (Å²) in [7, 11) is -3.56. The van der Waals surface area contributed by atoms with Crippen LogP contribution in [0.4, 0.5) is 0 Å². The number of halogens is 1. The Bertz CT molecular complexity index is 648. The molecule has 1 aromatic carbocycles. The molecule has 0 heterocycles. The number of sulfone groups is 1. The summed E-state index contributed by atoms with van der Waals surface area (Å²) in [5.41, 5.74) is 1.07. The summed E-state index contributed by atoms with van der Waals surface area (Å²) in [6, 6.07) is 2.78. The average molecular weight is 322 g/mol. The van der Waals surface area contributed by atoms with E-state index in [2.05, 4.69) is 0 Å². The highest BCUT2D eigenvalue weighted by Crippen LogP contribution is 2.32. The molecule has 1 aromatic rings. The van der Waals surface area contributed by atoms with Crippen LogP contribution in [0.25, 0.3) is 0 Å². The van der Waals surface area contributed by atoms with Crippen LogP contribution in [0, 0.1) is 6.92 Å². The first-order valence-corrected chi connectivity index (χ1v) is 8.38. The van der Waals surface area contributed by atoms with Gasteiger partial charge < -0.3 is 0 Å². The van der Waals surface area contributed by atoms with E-state index >= 15 is 0 Å². The highest BCUT2D eigenvalue weighted by atomic mass is 35.5. The topological polar surface area (TPSA) is 68.3 Å². The van der Waals surface area contributed by atoms with Crippen molar-refractivity contribution in [2.45, 2.75) is 30.4 Å². The van der Waals surface area contributed by atoms with Crippen molar-refractivity contribution in [3.8, 4) is 0 Å². The summed E-state index contributed by atoms with van der Waals surface area (Å²) in [6.45, 7) is 4.92. The van der Waals surface area contributed by atoms with Crippen molar-refractivity contribution >= 4 is 38.3 Å². The fourth-order valence-corrected chi connectivity index (χ4v) is 3.29. The Morgan fingerprint density at radius 3 is 2.21 bits per heavy atom. The van der Waals surface area contributed by atoms with Gasteiger partial charge in [-0.2, -0.15) is 0 Å². The van der Waals surface area contributed by atoms with Crippen molar-refractivity contribution < 1.29 is 17.4 Å². The van der Waals surface area contributed by atoms with Crippen LogP contribution in [-0.4, -0.2) is 19.9 Å². The van der Waals surface area contributed by atoms with Crippen LogP contribution < -0.4 is 0 Å². The van der Waals surface area contributed by atoms with Crippen molar-refractivity contribution in [1.82, 2.24) is 0 Å². The fourth-order valence-electron chi connectivity index (χ4n) is 1.72. The molecule has 19 heavy (non-hydrogen) atoms. The normalized spacial score (nSPS) is 12.3. The minimum absolute atomic E-state index is 0.0320. The molecule has 0 spiro atoms. The van der Waals surface area contributed by atoms with E-state index in [0.717, 1.165) is 6.26 Å². The molecule has 7 heteroatoms. The van der Waals surface area contributed by atoms with Crippen LogP contribution in [0.5, 0.6) is 0 Å². The summed E-state index contributed by atoms with van der Waals surface area (Å²) in [4.78, 5) is 11.2. The molecule has 0 atom stereocenters. The first kappa shape index (κ1) is 16.2. The summed E-state index contributed by atoms with van der Waals surface area (Å²) in [6.07, 6.45) is 1.04. The quantitative estimate of drug-likeness (QED) is 0.631. The molecule has 0 fully saturated rings. The molecule has 0 unspecified atom stereocenters. The van der Waals surface area contributed by atoms with Crippen LogP contribution in [0.2, 0.25) is 0 Å². The second-order valence-electron chi connectivity index (χ2n) is 4.80. The zero-order chi connectivity index (χ0) is 15.0. The second kappa shape index (κ2) is 5.26. The molecule has 0 bridgehead atoms.